The van der Waals surface area contributed by atoms with E-state index in [1.807, 2.05) is 19.2 Å². The van der Waals surface area contributed by atoms with Crippen molar-refractivity contribution >= 4 is 34.5 Å². The van der Waals surface area contributed by atoms with Crippen LogP contribution >= 0.6 is 0 Å². The molecule has 2 bridgehead atoms. The maximum atomic E-state index is 14.0. The number of carbonyl (C=O) groups is 3. The molecule has 4 N–H and O–H groups in total. The highest BCUT2D eigenvalue weighted by Gasteiger charge is 2.49. The van der Waals surface area contributed by atoms with Crippen LogP contribution in [0.1, 0.15) is 92.5 Å². The third kappa shape index (κ3) is 7.61. The zero-order valence-electron chi connectivity index (χ0n) is 34.3. The van der Waals surface area contributed by atoms with Gasteiger partial charge in [0.15, 0.2) is 6.29 Å². The second-order valence-electron chi connectivity index (χ2n) is 16.9. The zero-order valence-corrected chi connectivity index (χ0v) is 34.3. The van der Waals surface area contributed by atoms with E-state index in [9.17, 15) is 29.7 Å². The summed E-state index contributed by atoms with van der Waals surface area (Å²) in [4.78, 5) is 46.7. The first-order valence-electron chi connectivity index (χ1n) is 21.2. The molecule has 5 heterocycles. The molecule has 3 aromatic rings. The number of carbonyl (C=O) groups excluding carboxylic acids is 3. The minimum Gasteiger partial charge on any atom is -0.492 e. The smallest absolute Gasteiger partial charge is 0.375 e. The fraction of sp³-hybridized carbons (Fsp3) is 0.543. The molecular weight excluding hydrogens is 757 g/mol. The topological polar surface area (TPSA) is 177 Å². The summed E-state index contributed by atoms with van der Waals surface area (Å²) >= 11 is 0. The Bertz CT molecular complexity index is 2180. The molecule has 1 saturated carbocycles. The number of aryl methyl sites for hydroxylation is 1. The van der Waals surface area contributed by atoms with Gasteiger partial charge in [-0.1, -0.05) is 5.57 Å². The highest BCUT2D eigenvalue weighted by atomic mass is 16.6. The maximum absolute atomic E-state index is 14.0. The summed E-state index contributed by atoms with van der Waals surface area (Å²) in [6.07, 6.45) is 6.41. The number of benzene rings is 2. The van der Waals surface area contributed by atoms with Gasteiger partial charge in [0, 0.05) is 74.4 Å². The van der Waals surface area contributed by atoms with Crippen molar-refractivity contribution in [2.75, 3.05) is 53.2 Å². The molecule has 2 aromatic carbocycles. The van der Waals surface area contributed by atoms with Gasteiger partial charge in [-0.05, 0) is 113 Å². The van der Waals surface area contributed by atoms with Crippen LogP contribution in [0.5, 0.6) is 17.2 Å². The molecule has 13 heteroatoms. The molecule has 13 nitrogen and oxygen atoms in total. The molecule has 4 unspecified atom stereocenters. The van der Waals surface area contributed by atoms with Crippen LogP contribution < -0.4 is 14.2 Å². The van der Waals surface area contributed by atoms with E-state index in [1.165, 1.54) is 0 Å². The van der Waals surface area contributed by atoms with Crippen LogP contribution in [0, 0.1) is 11.8 Å². The Hall–Kier alpha value is -4.53. The number of aromatic amines is 1. The van der Waals surface area contributed by atoms with Gasteiger partial charge in [0.25, 0.3) is 0 Å². The summed E-state index contributed by atoms with van der Waals surface area (Å²) in [5, 5.41) is 35.3. The van der Waals surface area contributed by atoms with Crippen molar-refractivity contribution in [2.24, 2.45) is 11.8 Å². The van der Waals surface area contributed by atoms with Gasteiger partial charge in [0.1, 0.15) is 34.7 Å². The number of H-pyrrole nitrogens is 1. The molecule has 2 fully saturated rings. The van der Waals surface area contributed by atoms with Crippen molar-refractivity contribution in [3.63, 3.8) is 0 Å². The van der Waals surface area contributed by atoms with Gasteiger partial charge in [0.05, 0.1) is 36.5 Å². The lowest BCUT2D eigenvalue weighted by atomic mass is 9.74. The second kappa shape index (κ2) is 17.2. The third-order valence-corrected chi connectivity index (χ3v) is 13.4. The molecule has 59 heavy (non-hydrogen) atoms. The number of rotatable bonds is 11. The summed E-state index contributed by atoms with van der Waals surface area (Å²) in [7, 11) is 1.70. The molecule has 316 valence electrons. The number of esters is 1. The van der Waals surface area contributed by atoms with E-state index in [4.69, 9.17) is 23.7 Å². The number of nitrogens with zero attached hydrogens (tertiary/aromatic N) is 1. The van der Waals surface area contributed by atoms with Crippen molar-refractivity contribution in [3.05, 3.63) is 69.1 Å². The number of aliphatic hydroxyl groups excluding tert-OH is 2. The molecule has 0 radical (unpaired) electrons. The number of aldehydes is 1. The summed E-state index contributed by atoms with van der Waals surface area (Å²) in [5.41, 5.74) is 3.97. The average Bonchev–Trinajstić information content (AvgIpc) is 3.91. The van der Waals surface area contributed by atoms with E-state index in [0.717, 1.165) is 66.5 Å². The number of ketones is 1. The number of hydrogen-bond donors (Lipinski definition) is 4. The first kappa shape index (κ1) is 41.2. The SMILES string of the molecule is CCOC(=O)C1=C(C=O)C2=C3CCC(=O)C(C3)c3cc4cc[nH]c4cc3CCC(CO)COc3c4c(c(CO)c(c32)O1)OC(C(C)(O)C1CCN(CCCOC)CC1)C4. The minimum atomic E-state index is -1.27. The Morgan fingerprint density at radius 2 is 1.90 bits per heavy atom. The Labute approximate surface area is 344 Å². The highest BCUT2D eigenvalue weighted by molar-refractivity contribution is 6.11. The van der Waals surface area contributed by atoms with Crippen LogP contribution in [0.15, 0.2) is 41.3 Å². The molecule has 4 atom stereocenters. The first-order chi connectivity index (χ1) is 28.6. The van der Waals surface area contributed by atoms with E-state index >= 15 is 0 Å². The Kier molecular flexibility index (Phi) is 12.0. The molecule has 0 spiro atoms. The number of methoxy groups -OCH3 is 1. The molecule has 8 rings (SSSR count). The number of Topliss-reactive ketones (excluding diaryl/α,β-unsaturated/α-hetero) is 1. The number of allylic oxidation sites excluding steroid dienone is 3. The van der Waals surface area contributed by atoms with Gasteiger partial charge < -0.3 is 48.9 Å². The van der Waals surface area contributed by atoms with Crippen molar-refractivity contribution < 1.29 is 53.4 Å². The van der Waals surface area contributed by atoms with Crippen LogP contribution in [-0.4, -0.2) is 108 Å². The normalized spacial score (nSPS) is 23.4. The van der Waals surface area contributed by atoms with Gasteiger partial charge in [-0.25, -0.2) is 4.79 Å². The van der Waals surface area contributed by atoms with E-state index in [0.29, 0.717) is 60.4 Å². The van der Waals surface area contributed by atoms with Gasteiger partial charge in [-0.3, -0.25) is 9.59 Å². The van der Waals surface area contributed by atoms with Gasteiger partial charge in [-0.15, -0.1) is 0 Å². The van der Waals surface area contributed by atoms with Crippen molar-refractivity contribution in [1.82, 2.24) is 9.88 Å². The summed E-state index contributed by atoms with van der Waals surface area (Å²) < 4.78 is 30.6. The van der Waals surface area contributed by atoms with Crippen LogP contribution in [0.4, 0.5) is 0 Å². The van der Waals surface area contributed by atoms with E-state index < -0.39 is 30.2 Å². The predicted octanol–water partition coefficient (Wildman–Crippen LogP) is 5.10. The fourth-order valence-electron chi connectivity index (χ4n) is 10.0. The van der Waals surface area contributed by atoms with E-state index in [-0.39, 0.29) is 79.3 Å². The number of ether oxygens (including phenoxy) is 5. The van der Waals surface area contributed by atoms with E-state index in [2.05, 4.69) is 22.0 Å². The number of aliphatic hydroxyl groups is 3. The first-order valence-corrected chi connectivity index (χ1v) is 21.2. The number of nitrogens with one attached hydrogen (secondary N) is 1. The van der Waals surface area contributed by atoms with Gasteiger partial charge in [-0.2, -0.15) is 0 Å². The molecule has 0 amide bonds. The van der Waals surface area contributed by atoms with Crippen LogP contribution in [0.2, 0.25) is 0 Å². The van der Waals surface area contributed by atoms with Gasteiger partial charge in [0.2, 0.25) is 5.76 Å². The highest BCUT2D eigenvalue weighted by Crippen LogP contribution is 2.57. The monoisotopic (exact) mass is 812 g/mol. The van der Waals surface area contributed by atoms with Crippen molar-refractivity contribution in [1.29, 1.82) is 0 Å². The number of fused-ring (bicyclic) bond motifs is 7. The summed E-state index contributed by atoms with van der Waals surface area (Å²) in [6, 6.07) is 6.13. The number of piperidine rings is 1. The second-order valence-corrected chi connectivity index (χ2v) is 16.9. The van der Waals surface area contributed by atoms with Crippen LogP contribution in [-0.2, 0) is 43.3 Å². The summed E-state index contributed by atoms with van der Waals surface area (Å²) in [5.74, 6) is -1.28. The quantitative estimate of drug-likeness (QED) is 0.115. The van der Waals surface area contributed by atoms with Crippen molar-refractivity contribution in [2.45, 2.75) is 95.9 Å². The lowest BCUT2D eigenvalue weighted by Crippen LogP contribution is -2.52. The number of aromatic nitrogens is 1. The van der Waals surface area contributed by atoms with Crippen LogP contribution in [0.25, 0.3) is 16.5 Å². The molecule has 1 aromatic heterocycles. The number of hydrogen-bond acceptors (Lipinski definition) is 12. The van der Waals surface area contributed by atoms with Crippen molar-refractivity contribution in [3.8, 4) is 17.2 Å². The minimum absolute atomic E-state index is 0.0253. The Morgan fingerprint density at radius 1 is 1.08 bits per heavy atom. The lowest BCUT2D eigenvalue weighted by Gasteiger charge is -2.42. The zero-order chi connectivity index (χ0) is 41.4. The predicted molar refractivity (Wildman–Crippen MR) is 218 cm³/mol. The third-order valence-electron chi connectivity index (χ3n) is 13.4. The molecule has 4 aliphatic heterocycles. The van der Waals surface area contributed by atoms with E-state index in [1.54, 1.807) is 14.0 Å². The average molecular weight is 813 g/mol. The van der Waals surface area contributed by atoms with Gasteiger partial charge >= 0.3 is 5.97 Å². The number of likely N-dealkylation sites (tertiary alicyclic amines) is 1. The molecular formula is C46H56N2O11. The fourth-order valence-corrected chi connectivity index (χ4v) is 10.0. The molecule has 1 aliphatic carbocycles. The Balaban J connectivity index is 1.28. The Morgan fingerprint density at radius 3 is 2.63 bits per heavy atom. The van der Waals surface area contributed by atoms with Crippen LogP contribution in [0.3, 0.4) is 0 Å². The standard InChI is InChI=1S/C46H56N2O11/c1-4-56-45(53)44-34(23-50)39-29-8-9-37(52)32(19-29)31-18-28-10-13-47-36(28)20-27(31)7-6-26(22-49)25-57-42-33-21-38(58-41(33)35(24-51)43(59-44)40(39)42)46(2,54)30-11-15-48(16-12-30)14-5-17-55-3/h10,13,18,20,23,26,30,32,38,47,49,51,54H,4-9,11-12,14-17,19,21-22,24-25H2,1-3H3. The lowest BCUT2D eigenvalue weighted by molar-refractivity contribution is -0.141. The largest absolute Gasteiger partial charge is 0.492 e. The molecule has 5 aliphatic rings. The summed E-state index contributed by atoms with van der Waals surface area (Å²) in [6.45, 7) is 6.17. The molecule has 1 saturated heterocycles. The maximum Gasteiger partial charge on any atom is 0.375 e.